The molecular weight excluding hydrogens is 499 g/mol. The predicted octanol–water partition coefficient (Wildman–Crippen LogP) is 3.95. The van der Waals surface area contributed by atoms with Gasteiger partial charge in [0.2, 0.25) is 5.91 Å². The van der Waals surface area contributed by atoms with Gasteiger partial charge in [0.15, 0.2) is 0 Å². The summed E-state index contributed by atoms with van der Waals surface area (Å²) >= 11 is 17.4. The molecule has 0 aliphatic rings. The van der Waals surface area contributed by atoms with Crippen LogP contribution in [0.4, 0.5) is 0 Å². The summed E-state index contributed by atoms with van der Waals surface area (Å²) in [5.41, 5.74) is 5.37. The first-order chi connectivity index (χ1) is 10.5. The number of hydrogen-bond donors (Lipinski definition) is 2. The minimum Gasteiger partial charge on any atom is -0.366 e. The van der Waals surface area contributed by atoms with Crippen LogP contribution in [0.2, 0.25) is 10.2 Å². The fraction of sp³-hybridized carbons (Fsp3) is 0. The molecule has 0 aliphatic heterocycles. The van der Waals surface area contributed by atoms with Crippen molar-refractivity contribution in [1.82, 2.24) is 4.98 Å². The normalized spacial score (nSPS) is 10.7. The Morgan fingerprint density at radius 1 is 1.22 bits per heavy atom. The van der Waals surface area contributed by atoms with Gasteiger partial charge >= 0.3 is 0 Å². The summed E-state index contributed by atoms with van der Waals surface area (Å²) in [4.78, 5) is 13.9. The second-order valence-corrected chi connectivity index (χ2v) is 7.86. The van der Waals surface area contributed by atoms with Crippen LogP contribution in [0.1, 0.15) is 10.4 Å². The fourth-order valence-corrected chi connectivity index (χ4v) is 3.06. The van der Waals surface area contributed by atoms with E-state index < -0.39 is 16.0 Å². The molecule has 0 spiro atoms. The number of rotatable bonds is 2. The highest BCUT2D eigenvalue weighted by Crippen LogP contribution is 2.22. The molecule has 11 heteroatoms. The van der Waals surface area contributed by atoms with Gasteiger partial charge in [-0.05, 0) is 40.2 Å². The van der Waals surface area contributed by atoms with Crippen LogP contribution in [0.15, 0.2) is 44.3 Å². The molecule has 2 rings (SSSR count). The Hall–Kier alpha value is -0.710. The van der Waals surface area contributed by atoms with Crippen LogP contribution in [0.25, 0.3) is 0 Å². The number of primary amides is 1. The highest BCUT2D eigenvalue weighted by Gasteiger charge is 2.11. The number of benzene rings is 1. The molecule has 1 aromatic carbocycles. The number of hydrogen-bond acceptors (Lipinski definition) is 4. The van der Waals surface area contributed by atoms with Crippen molar-refractivity contribution in [1.29, 1.82) is 0 Å². The molecule has 1 aromatic heterocycles. The molecule has 0 unspecified atom stereocenters. The van der Waals surface area contributed by atoms with Crippen molar-refractivity contribution in [3.8, 4) is 0 Å². The van der Waals surface area contributed by atoms with Crippen molar-refractivity contribution in [3.05, 3.63) is 55.1 Å². The molecule has 6 nitrogen and oxygen atoms in total. The van der Waals surface area contributed by atoms with Crippen LogP contribution in [-0.4, -0.2) is 23.9 Å². The van der Waals surface area contributed by atoms with E-state index in [9.17, 15) is 13.2 Å². The third kappa shape index (κ3) is 6.36. The average Bonchev–Trinajstić information content (AvgIpc) is 2.41. The number of carbonyl (C=O) groups excluding carboxylic acids is 1. The molecular formula is C12H8Br2Cl2N2O4S. The Morgan fingerprint density at radius 2 is 1.83 bits per heavy atom. The lowest BCUT2D eigenvalue weighted by molar-refractivity contribution is 0.100. The van der Waals surface area contributed by atoms with Crippen molar-refractivity contribution in [2.24, 2.45) is 5.73 Å². The van der Waals surface area contributed by atoms with E-state index in [4.69, 9.17) is 33.5 Å². The van der Waals surface area contributed by atoms with E-state index in [0.29, 0.717) is 15.1 Å². The Balaban J connectivity index is 0.000000231. The van der Waals surface area contributed by atoms with E-state index in [2.05, 4.69) is 36.8 Å². The zero-order chi connectivity index (χ0) is 17.8. The fourth-order valence-electron chi connectivity index (χ4n) is 1.23. The number of nitrogens with zero attached hydrogens (tertiary/aromatic N) is 1. The summed E-state index contributed by atoms with van der Waals surface area (Å²) < 4.78 is 30.8. The van der Waals surface area contributed by atoms with Crippen LogP contribution in [0, 0.1) is 0 Å². The summed E-state index contributed by atoms with van der Waals surface area (Å²) in [6.07, 6.45) is 0.975. The lowest BCUT2D eigenvalue weighted by Crippen LogP contribution is -2.11. The molecule has 0 fully saturated rings. The minimum atomic E-state index is -4.19. The van der Waals surface area contributed by atoms with Crippen LogP contribution < -0.4 is 5.73 Å². The van der Waals surface area contributed by atoms with Gasteiger partial charge in [-0.2, -0.15) is 8.42 Å². The van der Waals surface area contributed by atoms with Crippen molar-refractivity contribution < 1.29 is 17.8 Å². The van der Waals surface area contributed by atoms with E-state index in [-0.39, 0.29) is 10.0 Å². The van der Waals surface area contributed by atoms with Crippen molar-refractivity contribution in [2.45, 2.75) is 4.90 Å². The molecule has 0 bridgehead atoms. The van der Waals surface area contributed by atoms with Gasteiger partial charge in [0.25, 0.3) is 10.1 Å². The third-order valence-electron chi connectivity index (χ3n) is 2.27. The van der Waals surface area contributed by atoms with Crippen LogP contribution >= 0.6 is 55.1 Å². The standard InChI is InChI=1S/C7H5BrClNO.C5H3BrClNO3S/c8-4-1-2-5(7(10)11)6(9)3-4;6-4-1-3(12(9,10)11)2-8-5(4)7/h1-3H,(H2,10,11);1-2H,(H,9,10,11). The molecule has 0 saturated heterocycles. The molecule has 0 saturated carbocycles. The second-order valence-electron chi connectivity index (χ2n) is 3.91. The summed E-state index contributed by atoms with van der Waals surface area (Å²) in [5.74, 6) is -0.512. The number of nitrogens with two attached hydrogens (primary N) is 1. The number of pyridine rings is 1. The Labute approximate surface area is 159 Å². The van der Waals surface area contributed by atoms with E-state index in [1.165, 1.54) is 6.07 Å². The summed E-state index contributed by atoms with van der Waals surface area (Å²) in [5, 5.41) is 0.509. The van der Waals surface area contributed by atoms with Gasteiger partial charge < -0.3 is 5.73 Å². The van der Waals surface area contributed by atoms with Crippen LogP contribution in [0.5, 0.6) is 0 Å². The van der Waals surface area contributed by atoms with Crippen molar-refractivity contribution >= 4 is 71.1 Å². The van der Waals surface area contributed by atoms with Gasteiger partial charge in [-0.25, -0.2) is 4.98 Å². The van der Waals surface area contributed by atoms with Gasteiger partial charge in [0.05, 0.1) is 15.1 Å². The lowest BCUT2D eigenvalue weighted by Gasteiger charge is -1.98. The van der Waals surface area contributed by atoms with Crippen LogP contribution in [0.3, 0.4) is 0 Å². The van der Waals surface area contributed by atoms with Gasteiger partial charge in [-0.1, -0.05) is 39.1 Å². The summed E-state index contributed by atoms with van der Waals surface area (Å²) in [7, 11) is -4.19. The molecule has 3 N–H and O–H groups in total. The maximum Gasteiger partial charge on any atom is 0.296 e. The molecule has 23 heavy (non-hydrogen) atoms. The molecule has 2 aromatic rings. The zero-order valence-electron chi connectivity index (χ0n) is 11.0. The maximum absolute atomic E-state index is 10.7. The lowest BCUT2D eigenvalue weighted by atomic mass is 10.2. The van der Waals surface area contributed by atoms with E-state index in [0.717, 1.165) is 10.7 Å². The van der Waals surface area contributed by atoms with Crippen LogP contribution in [-0.2, 0) is 10.1 Å². The minimum absolute atomic E-state index is 0.141. The predicted molar refractivity (Wildman–Crippen MR) is 94.4 cm³/mol. The van der Waals surface area contributed by atoms with Gasteiger partial charge in [0, 0.05) is 10.7 Å². The molecule has 0 atom stereocenters. The first kappa shape index (κ1) is 20.3. The first-order valence-electron chi connectivity index (χ1n) is 5.55. The second kappa shape index (κ2) is 8.41. The van der Waals surface area contributed by atoms with Gasteiger partial charge in [-0.3, -0.25) is 9.35 Å². The monoisotopic (exact) mass is 504 g/mol. The van der Waals surface area contributed by atoms with Gasteiger partial charge in [0.1, 0.15) is 10.0 Å². The smallest absolute Gasteiger partial charge is 0.296 e. The third-order valence-corrected chi connectivity index (χ3v) is 5.02. The van der Waals surface area contributed by atoms with Gasteiger partial charge in [-0.15, -0.1) is 0 Å². The summed E-state index contributed by atoms with van der Waals surface area (Å²) in [6.45, 7) is 0. The Bertz CT molecular complexity index is 847. The molecule has 0 aliphatic carbocycles. The summed E-state index contributed by atoms with van der Waals surface area (Å²) in [6, 6.07) is 6.09. The number of aromatic nitrogens is 1. The highest BCUT2D eigenvalue weighted by molar-refractivity contribution is 9.10. The largest absolute Gasteiger partial charge is 0.366 e. The van der Waals surface area contributed by atoms with E-state index in [1.54, 1.807) is 18.2 Å². The topological polar surface area (TPSA) is 110 Å². The molecule has 1 heterocycles. The average molecular weight is 507 g/mol. The zero-order valence-corrected chi connectivity index (χ0v) is 16.5. The molecule has 0 radical (unpaired) electrons. The highest BCUT2D eigenvalue weighted by atomic mass is 79.9. The van der Waals surface area contributed by atoms with Crippen molar-refractivity contribution in [3.63, 3.8) is 0 Å². The first-order valence-corrected chi connectivity index (χ1v) is 9.34. The Kier molecular flexibility index (Phi) is 7.43. The Morgan fingerprint density at radius 3 is 2.26 bits per heavy atom. The quantitative estimate of drug-likeness (QED) is 0.473. The number of carbonyl (C=O) groups is 1. The molecule has 1 amide bonds. The number of amides is 1. The van der Waals surface area contributed by atoms with Crippen molar-refractivity contribution in [2.75, 3.05) is 0 Å². The maximum atomic E-state index is 10.7. The molecule has 124 valence electrons. The van der Waals surface area contributed by atoms with E-state index in [1.807, 2.05) is 0 Å². The number of halogens is 4. The van der Waals surface area contributed by atoms with E-state index >= 15 is 0 Å². The SMILES string of the molecule is NC(=O)c1ccc(Br)cc1Cl.O=S(=O)(O)c1cnc(Cl)c(Br)c1.